The first-order valence-electron chi connectivity index (χ1n) is 7.90. The number of nitrogens with one attached hydrogen (secondary N) is 1. The predicted molar refractivity (Wildman–Crippen MR) is 91.4 cm³/mol. The number of rotatable bonds is 4. The summed E-state index contributed by atoms with van der Waals surface area (Å²) in [5.74, 6) is -4.22. The Balaban J connectivity index is 1.80. The Hall–Kier alpha value is -3.76. The molecule has 1 aromatic heterocycles. The van der Waals surface area contributed by atoms with Gasteiger partial charge in [-0.2, -0.15) is 18.3 Å². The maximum Gasteiger partial charge on any atom is 0.435 e. The van der Waals surface area contributed by atoms with E-state index in [4.69, 9.17) is 5.73 Å². The fourth-order valence-corrected chi connectivity index (χ4v) is 2.41. The molecule has 2 aromatic carbocycles. The summed E-state index contributed by atoms with van der Waals surface area (Å²) in [5, 5.41) is 5.57. The number of benzene rings is 2. The van der Waals surface area contributed by atoms with Gasteiger partial charge in [0.1, 0.15) is 11.6 Å². The normalized spacial score (nSPS) is 11.3. The van der Waals surface area contributed by atoms with E-state index < -0.39 is 46.6 Å². The van der Waals surface area contributed by atoms with Crippen molar-refractivity contribution in [3.63, 3.8) is 0 Å². The highest BCUT2D eigenvalue weighted by Crippen LogP contribution is 2.28. The standard InChI is InChI=1S/C18H11F5N4O2/c19-12-8-13(20)14(7-11(12)16(24)28)25-17(29)9-1-3-10(4-2-9)27-6-5-15(26-27)18(21,22)23/h1-8H,(H2,24,28)(H,25,29). The van der Waals surface area contributed by atoms with Crippen LogP contribution < -0.4 is 11.1 Å². The summed E-state index contributed by atoms with van der Waals surface area (Å²) in [6, 6.07) is 7.19. The Morgan fingerprint density at radius 2 is 1.66 bits per heavy atom. The van der Waals surface area contributed by atoms with Crippen LogP contribution in [0.4, 0.5) is 27.6 Å². The molecule has 0 atom stereocenters. The first-order valence-corrected chi connectivity index (χ1v) is 7.90. The Kier molecular flexibility index (Phi) is 5.06. The van der Waals surface area contributed by atoms with Crippen molar-refractivity contribution in [1.29, 1.82) is 0 Å². The number of hydrogen-bond donors (Lipinski definition) is 2. The summed E-state index contributed by atoms with van der Waals surface area (Å²) in [5.41, 5.74) is 3.13. The smallest absolute Gasteiger partial charge is 0.366 e. The summed E-state index contributed by atoms with van der Waals surface area (Å²) in [6.45, 7) is 0. The number of nitrogens with zero attached hydrogens (tertiary/aromatic N) is 2. The van der Waals surface area contributed by atoms with E-state index in [1.165, 1.54) is 24.3 Å². The molecule has 0 saturated heterocycles. The van der Waals surface area contributed by atoms with Gasteiger partial charge >= 0.3 is 6.18 Å². The van der Waals surface area contributed by atoms with Gasteiger partial charge in [-0.3, -0.25) is 9.59 Å². The second-order valence-corrected chi connectivity index (χ2v) is 5.82. The number of amides is 2. The molecule has 150 valence electrons. The lowest BCUT2D eigenvalue weighted by Crippen LogP contribution is -2.17. The van der Waals surface area contributed by atoms with E-state index in [1.807, 2.05) is 0 Å². The highest BCUT2D eigenvalue weighted by Gasteiger charge is 2.33. The zero-order valence-corrected chi connectivity index (χ0v) is 14.3. The van der Waals surface area contributed by atoms with Crippen molar-refractivity contribution in [1.82, 2.24) is 9.78 Å². The molecular weight excluding hydrogens is 399 g/mol. The first kappa shape index (κ1) is 20.0. The fraction of sp³-hybridized carbons (Fsp3) is 0.0556. The predicted octanol–water partition coefficient (Wildman–Crippen LogP) is 3.52. The molecule has 3 aromatic rings. The Bertz CT molecular complexity index is 1090. The molecule has 0 unspecified atom stereocenters. The molecule has 2 amide bonds. The number of anilines is 1. The third kappa shape index (κ3) is 4.23. The number of aromatic nitrogens is 2. The third-order valence-electron chi connectivity index (χ3n) is 3.84. The average Bonchev–Trinajstić information content (AvgIpc) is 3.14. The topological polar surface area (TPSA) is 90.0 Å². The van der Waals surface area contributed by atoms with Crippen molar-refractivity contribution in [2.24, 2.45) is 5.73 Å². The largest absolute Gasteiger partial charge is 0.435 e. The number of carbonyl (C=O) groups excluding carboxylic acids is 2. The van der Waals surface area contributed by atoms with Crippen molar-refractivity contribution in [2.75, 3.05) is 5.32 Å². The fourth-order valence-electron chi connectivity index (χ4n) is 2.41. The molecular formula is C18H11F5N4O2. The van der Waals surface area contributed by atoms with E-state index in [2.05, 4.69) is 10.4 Å². The lowest BCUT2D eigenvalue weighted by molar-refractivity contribution is -0.141. The highest BCUT2D eigenvalue weighted by atomic mass is 19.4. The highest BCUT2D eigenvalue weighted by molar-refractivity contribution is 6.05. The number of alkyl halides is 3. The number of carbonyl (C=O) groups is 2. The molecule has 0 fully saturated rings. The van der Waals surface area contributed by atoms with Gasteiger partial charge in [-0.15, -0.1) is 0 Å². The molecule has 0 saturated carbocycles. The lowest BCUT2D eigenvalue weighted by atomic mass is 10.1. The van der Waals surface area contributed by atoms with E-state index in [9.17, 15) is 31.5 Å². The van der Waals surface area contributed by atoms with Crippen molar-refractivity contribution in [2.45, 2.75) is 6.18 Å². The first-order chi connectivity index (χ1) is 13.6. The van der Waals surface area contributed by atoms with Gasteiger partial charge in [0, 0.05) is 17.8 Å². The van der Waals surface area contributed by atoms with Gasteiger partial charge in [0.2, 0.25) is 0 Å². The van der Waals surface area contributed by atoms with Crippen LogP contribution in [0.3, 0.4) is 0 Å². The van der Waals surface area contributed by atoms with Gasteiger partial charge < -0.3 is 11.1 Å². The Morgan fingerprint density at radius 1 is 1.00 bits per heavy atom. The number of nitrogens with two attached hydrogens (primary N) is 1. The van der Waals surface area contributed by atoms with Crippen LogP contribution in [0.15, 0.2) is 48.7 Å². The summed E-state index contributed by atoms with van der Waals surface area (Å²) >= 11 is 0. The molecule has 3 rings (SSSR count). The molecule has 0 aliphatic carbocycles. The molecule has 0 radical (unpaired) electrons. The molecule has 6 nitrogen and oxygen atoms in total. The zero-order chi connectivity index (χ0) is 21.3. The van der Waals surface area contributed by atoms with E-state index in [-0.39, 0.29) is 11.3 Å². The van der Waals surface area contributed by atoms with E-state index in [0.29, 0.717) is 6.07 Å². The van der Waals surface area contributed by atoms with Crippen LogP contribution in [0.25, 0.3) is 5.69 Å². The molecule has 0 aliphatic rings. The molecule has 3 N–H and O–H groups in total. The Labute approximate surface area is 159 Å². The quantitative estimate of drug-likeness (QED) is 0.645. The number of halogens is 5. The minimum atomic E-state index is -4.59. The van der Waals surface area contributed by atoms with Gasteiger partial charge in [-0.25, -0.2) is 13.5 Å². The third-order valence-corrected chi connectivity index (χ3v) is 3.84. The van der Waals surface area contributed by atoms with Crippen LogP contribution in [-0.2, 0) is 6.18 Å². The van der Waals surface area contributed by atoms with Crippen LogP contribution >= 0.6 is 0 Å². The van der Waals surface area contributed by atoms with Crippen molar-refractivity contribution >= 4 is 17.5 Å². The molecule has 0 bridgehead atoms. The van der Waals surface area contributed by atoms with Gasteiger partial charge in [-0.1, -0.05) is 0 Å². The van der Waals surface area contributed by atoms with E-state index in [1.54, 1.807) is 0 Å². The van der Waals surface area contributed by atoms with Crippen LogP contribution in [0.1, 0.15) is 26.4 Å². The minimum Gasteiger partial charge on any atom is -0.366 e. The zero-order valence-electron chi connectivity index (χ0n) is 14.3. The van der Waals surface area contributed by atoms with Crippen LogP contribution in [0.2, 0.25) is 0 Å². The molecule has 0 spiro atoms. The van der Waals surface area contributed by atoms with Crippen LogP contribution in [0, 0.1) is 11.6 Å². The number of primary amides is 1. The summed E-state index contributed by atoms with van der Waals surface area (Å²) in [4.78, 5) is 23.4. The lowest BCUT2D eigenvalue weighted by Gasteiger charge is -2.09. The van der Waals surface area contributed by atoms with Crippen molar-refractivity contribution < 1.29 is 31.5 Å². The number of hydrogen-bond acceptors (Lipinski definition) is 3. The second kappa shape index (κ2) is 7.34. The van der Waals surface area contributed by atoms with Gasteiger partial charge in [-0.05, 0) is 36.4 Å². The summed E-state index contributed by atoms with van der Waals surface area (Å²) < 4.78 is 66.2. The summed E-state index contributed by atoms with van der Waals surface area (Å²) in [6.07, 6.45) is -3.48. The average molecular weight is 410 g/mol. The van der Waals surface area contributed by atoms with Gasteiger partial charge in [0.25, 0.3) is 11.8 Å². The molecule has 29 heavy (non-hydrogen) atoms. The minimum absolute atomic E-state index is 0.0290. The molecule has 1 heterocycles. The van der Waals surface area contributed by atoms with Gasteiger partial charge in [0.05, 0.1) is 16.9 Å². The van der Waals surface area contributed by atoms with E-state index in [0.717, 1.165) is 23.0 Å². The molecule has 11 heteroatoms. The maximum absolute atomic E-state index is 13.8. The van der Waals surface area contributed by atoms with Crippen molar-refractivity contribution in [3.05, 3.63) is 77.1 Å². The van der Waals surface area contributed by atoms with Crippen LogP contribution in [0.5, 0.6) is 0 Å². The SMILES string of the molecule is NC(=O)c1cc(NC(=O)c2ccc(-n3ccc(C(F)(F)F)n3)cc2)c(F)cc1F. The Morgan fingerprint density at radius 3 is 2.21 bits per heavy atom. The van der Waals surface area contributed by atoms with Crippen LogP contribution in [-0.4, -0.2) is 21.6 Å². The molecule has 0 aliphatic heterocycles. The second-order valence-electron chi connectivity index (χ2n) is 5.82. The monoisotopic (exact) mass is 410 g/mol. The maximum atomic E-state index is 13.8. The van der Waals surface area contributed by atoms with Crippen molar-refractivity contribution in [3.8, 4) is 5.69 Å². The van der Waals surface area contributed by atoms with Gasteiger partial charge in [0.15, 0.2) is 5.69 Å². The summed E-state index contributed by atoms with van der Waals surface area (Å²) in [7, 11) is 0. The van der Waals surface area contributed by atoms with E-state index >= 15 is 0 Å².